The highest BCUT2D eigenvalue weighted by Crippen LogP contribution is 1.70. The second-order valence-electron chi connectivity index (χ2n) is 2.09. The van der Waals surface area contributed by atoms with Crippen LogP contribution in [0.4, 0.5) is 0 Å². The summed E-state index contributed by atoms with van der Waals surface area (Å²) >= 11 is 0. The van der Waals surface area contributed by atoms with Crippen molar-refractivity contribution in [1.82, 2.24) is 0 Å². The van der Waals surface area contributed by atoms with Gasteiger partial charge in [0.1, 0.15) is 0 Å². The minimum Gasteiger partial charge on any atom is -0.394 e. The Balaban J connectivity index is 0. The molecule has 0 aromatic heterocycles. The van der Waals surface area contributed by atoms with Gasteiger partial charge >= 0.3 is 0 Å². The van der Waals surface area contributed by atoms with Gasteiger partial charge in [-0.3, -0.25) is 0 Å². The number of aliphatic hydroxyl groups is 1. The Bertz CT molecular complexity index is 31.1. The van der Waals surface area contributed by atoms with Gasteiger partial charge in [0.05, 0.1) is 0 Å². The van der Waals surface area contributed by atoms with E-state index in [1.54, 1.807) is 21.0 Å². The van der Waals surface area contributed by atoms with Crippen molar-refractivity contribution in [2.24, 2.45) is 0 Å². The first-order valence-electron chi connectivity index (χ1n) is 3.32. The minimum atomic E-state index is -0.167. The zero-order valence-corrected chi connectivity index (χ0v) is 6.85. The first kappa shape index (κ1) is 11.7. The van der Waals surface area contributed by atoms with Crippen LogP contribution in [0, 0.1) is 0 Å². The van der Waals surface area contributed by atoms with Gasteiger partial charge < -0.3 is 9.84 Å². The van der Waals surface area contributed by atoms with Crippen molar-refractivity contribution >= 4 is 0 Å². The zero-order chi connectivity index (χ0) is 7.70. The number of ether oxygens (including phenoxy) is 1. The molecule has 0 aliphatic rings. The van der Waals surface area contributed by atoms with Gasteiger partial charge in [0, 0.05) is 19.8 Å². The lowest BCUT2D eigenvalue weighted by molar-refractivity contribution is 0.199. The van der Waals surface area contributed by atoms with E-state index in [-0.39, 0.29) is 6.10 Å². The van der Waals surface area contributed by atoms with Crippen molar-refractivity contribution in [2.45, 2.75) is 33.3 Å². The lowest BCUT2D eigenvalue weighted by Crippen LogP contribution is -1.85. The van der Waals surface area contributed by atoms with Gasteiger partial charge in [-0.05, 0) is 20.3 Å². The molecule has 0 heterocycles. The van der Waals surface area contributed by atoms with Crippen molar-refractivity contribution < 1.29 is 9.84 Å². The smallest absolute Gasteiger partial charge is 0.0483 e. The topological polar surface area (TPSA) is 29.5 Å². The standard InChI is InChI=1S/C4H10O.C3H8O/c1-3-4-5-2;1-3(2)4/h3-4H2,1-2H3;3-4H,1-2H3. The third kappa shape index (κ3) is 75.3. The Hall–Kier alpha value is -0.0800. The molecular weight excluding hydrogens is 116 g/mol. The third-order valence-corrected chi connectivity index (χ3v) is 0.408. The second-order valence-corrected chi connectivity index (χ2v) is 2.09. The van der Waals surface area contributed by atoms with Gasteiger partial charge in [-0.15, -0.1) is 0 Å². The van der Waals surface area contributed by atoms with Crippen molar-refractivity contribution in [3.05, 3.63) is 0 Å². The summed E-state index contributed by atoms with van der Waals surface area (Å²) in [6.45, 7) is 6.42. The van der Waals surface area contributed by atoms with Crippen LogP contribution in [-0.2, 0) is 4.74 Å². The fourth-order valence-corrected chi connectivity index (χ4v) is 0.204. The summed E-state index contributed by atoms with van der Waals surface area (Å²) in [5.41, 5.74) is 0. The fraction of sp³-hybridized carbons (Fsp3) is 1.00. The van der Waals surface area contributed by atoms with Gasteiger partial charge in [-0.25, -0.2) is 0 Å². The highest BCUT2D eigenvalue weighted by molar-refractivity contribution is 4.20. The Morgan fingerprint density at radius 3 is 1.78 bits per heavy atom. The molecule has 0 aromatic rings. The van der Waals surface area contributed by atoms with Gasteiger partial charge in [0.15, 0.2) is 0 Å². The van der Waals surface area contributed by atoms with E-state index in [9.17, 15) is 0 Å². The Morgan fingerprint density at radius 1 is 1.44 bits per heavy atom. The first-order valence-corrected chi connectivity index (χ1v) is 3.32. The molecule has 0 rings (SSSR count). The largest absolute Gasteiger partial charge is 0.394 e. The molecule has 0 aromatic carbocycles. The molecule has 0 bridgehead atoms. The normalized spacial score (nSPS) is 8.67. The Kier molecular flexibility index (Phi) is 14.0. The lowest BCUT2D eigenvalue weighted by atomic mass is 10.5. The maximum Gasteiger partial charge on any atom is 0.0483 e. The average Bonchev–Trinajstić information content (AvgIpc) is 1.66. The van der Waals surface area contributed by atoms with E-state index in [0.717, 1.165) is 13.0 Å². The predicted octanol–water partition coefficient (Wildman–Crippen LogP) is 1.43. The number of rotatable bonds is 2. The molecule has 9 heavy (non-hydrogen) atoms. The molecular formula is C7H18O2. The van der Waals surface area contributed by atoms with E-state index in [2.05, 4.69) is 6.92 Å². The third-order valence-electron chi connectivity index (χ3n) is 0.408. The van der Waals surface area contributed by atoms with E-state index in [0.29, 0.717) is 0 Å². The molecule has 2 nitrogen and oxygen atoms in total. The molecule has 0 atom stereocenters. The van der Waals surface area contributed by atoms with Crippen LogP contribution in [0.2, 0.25) is 0 Å². The molecule has 2 heteroatoms. The predicted molar refractivity (Wildman–Crippen MR) is 39.5 cm³/mol. The molecule has 0 unspecified atom stereocenters. The minimum absolute atomic E-state index is 0.167. The zero-order valence-electron chi connectivity index (χ0n) is 6.85. The quantitative estimate of drug-likeness (QED) is 0.619. The van der Waals surface area contributed by atoms with Crippen LogP contribution in [0.15, 0.2) is 0 Å². The Labute approximate surface area is 57.8 Å². The van der Waals surface area contributed by atoms with Crippen LogP contribution in [0.3, 0.4) is 0 Å². The van der Waals surface area contributed by atoms with Crippen LogP contribution < -0.4 is 0 Å². The lowest BCUT2D eigenvalue weighted by Gasteiger charge is -1.84. The summed E-state index contributed by atoms with van der Waals surface area (Å²) in [7, 11) is 1.71. The number of aliphatic hydroxyl groups excluding tert-OH is 1. The van der Waals surface area contributed by atoms with E-state index in [1.165, 1.54) is 0 Å². The summed E-state index contributed by atoms with van der Waals surface area (Å²) in [4.78, 5) is 0. The molecule has 0 amide bonds. The molecule has 0 spiro atoms. The van der Waals surface area contributed by atoms with E-state index >= 15 is 0 Å². The monoisotopic (exact) mass is 134 g/mol. The highest BCUT2D eigenvalue weighted by Gasteiger charge is 1.69. The van der Waals surface area contributed by atoms with Crippen molar-refractivity contribution in [2.75, 3.05) is 13.7 Å². The van der Waals surface area contributed by atoms with Crippen LogP contribution in [0.5, 0.6) is 0 Å². The first-order chi connectivity index (χ1) is 4.15. The SMILES string of the molecule is CC(C)O.CCCOC. The van der Waals surface area contributed by atoms with E-state index in [4.69, 9.17) is 9.84 Å². The molecule has 58 valence electrons. The summed E-state index contributed by atoms with van der Waals surface area (Å²) in [5.74, 6) is 0. The van der Waals surface area contributed by atoms with Crippen LogP contribution in [0.1, 0.15) is 27.2 Å². The second kappa shape index (κ2) is 10.8. The molecule has 0 aliphatic carbocycles. The van der Waals surface area contributed by atoms with Gasteiger partial charge in [0.2, 0.25) is 0 Å². The molecule has 0 fully saturated rings. The van der Waals surface area contributed by atoms with E-state index < -0.39 is 0 Å². The van der Waals surface area contributed by atoms with Gasteiger partial charge in [-0.2, -0.15) is 0 Å². The molecule has 0 aliphatic heterocycles. The maximum absolute atomic E-state index is 8.06. The highest BCUT2D eigenvalue weighted by atomic mass is 16.5. The molecule has 0 saturated heterocycles. The molecule has 0 saturated carbocycles. The number of hydrogen-bond donors (Lipinski definition) is 1. The van der Waals surface area contributed by atoms with Crippen molar-refractivity contribution in [3.63, 3.8) is 0 Å². The Morgan fingerprint density at radius 2 is 1.78 bits per heavy atom. The van der Waals surface area contributed by atoms with Crippen molar-refractivity contribution in [1.29, 1.82) is 0 Å². The van der Waals surface area contributed by atoms with Crippen LogP contribution in [0.25, 0.3) is 0 Å². The van der Waals surface area contributed by atoms with Gasteiger partial charge in [0.25, 0.3) is 0 Å². The summed E-state index contributed by atoms with van der Waals surface area (Å²) in [6.07, 6.45) is 0.955. The van der Waals surface area contributed by atoms with Crippen LogP contribution in [-0.4, -0.2) is 24.9 Å². The van der Waals surface area contributed by atoms with E-state index in [1.807, 2.05) is 0 Å². The molecule has 1 N–H and O–H groups in total. The number of methoxy groups -OCH3 is 1. The summed E-state index contributed by atoms with van der Waals surface area (Å²) in [5, 5.41) is 8.06. The van der Waals surface area contributed by atoms with Crippen LogP contribution >= 0.6 is 0 Å². The summed E-state index contributed by atoms with van der Waals surface area (Å²) < 4.78 is 4.69. The number of hydrogen-bond acceptors (Lipinski definition) is 2. The fourth-order valence-electron chi connectivity index (χ4n) is 0.204. The molecule has 0 radical (unpaired) electrons. The van der Waals surface area contributed by atoms with Crippen molar-refractivity contribution in [3.8, 4) is 0 Å². The average molecular weight is 134 g/mol. The summed E-state index contributed by atoms with van der Waals surface area (Å²) in [6, 6.07) is 0. The van der Waals surface area contributed by atoms with Gasteiger partial charge in [-0.1, -0.05) is 6.92 Å². The maximum atomic E-state index is 8.06.